The van der Waals surface area contributed by atoms with Crippen LogP contribution in [-0.2, 0) is 33.2 Å². The number of hydrogen-bond donors (Lipinski definition) is 0. The molecule has 51 heteroatoms. The van der Waals surface area contributed by atoms with E-state index in [9.17, 15) is 132 Å². The van der Waals surface area contributed by atoms with Crippen LogP contribution in [0.3, 0.4) is 0 Å². The zero-order valence-electron chi connectivity index (χ0n) is 68.2. The van der Waals surface area contributed by atoms with Gasteiger partial charge in [0.2, 0.25) is 0 Å². The molecule has 2 saturated heterocycles. The molecule has 121 heavy (non-hydrogen) atoms. The molecule has 8 rings (SSSR count). The standard InChI is InChI=1S/C12H24O6.6C9H9F5NSi.C4H8O.2Ce/c1-2-14-5-6-16-9-10-18-12-11-17-8-7-15-4-3-13-1;6*1-16(2,3)15-9-7(13)5(11)4(10)6(12)8(9)14;1-2-4-5-3-1;;/h1-12H2;6*1-3H3;1-4H2;;/q;6*-1;;2*+3. The van der Waals surface area contributed by atoms with Crippen molar-refractivity contribution in [2.45, 2.75) is 131 Å². The summed E-state index contributed by atoms with van der Waals surface area (Å²) in [6.45, 7) is 38.1. The first kappa shape index (κ1) is 119. The number of nitrogens with zero attached hydrogens (tertiary/aromatic N) is 6. The van der Waals surface area contributed by atoms with Gasteiger partial charge in [-0.2, -0.15) is 0 Å². The Morgan fingerprint density at radius 2 is 0.215 bits per heavy atom. The molecule has 0 spiro atoms. The molecule has 2 fully saturated rings. The van der Waals surface area contributed by atoms with Crippen molar-refractivity contribution >= 4 is 83.5 Å². The van der Waals surface area contributed by atoms with E-state index in [4.69, 9.17) is 33.2 Å². The summed E-state index contributed by atoms with van der Waals surface area (Å²) in [7, 11) is -14.0. The molecule has 0 amide bonds. The predicted octanol–water partition coefficient (Wildman–Crippen LogP) is 26.2. The Hall–Kier alpha value is -4.21. The molecular formula is C70H86Ce2F30N6O7Si6. The van der Waals surface area contributed by atoms with Gasteiger partial charge >= 0.3 is 83.5 Å². The maximum Gasteiger partial charge on any atom is 3.00 e. The Labute approximate surface area is 753 Å². The molecule has 0 bridgehead atoms. The van der Waals surface area contributed by atoms with Crippen LogP contribution in [0.15, 0.2) is 0 Å². The molecule has 0 aromatic heterocycles. The van der Waals surface area contributed by atoms with Crippen LogP contribution in [0, 0.1) is 258 Å². The molecule has 680 valence electrons. The minimum absolute atomic E-state index is 0. The summed E-state index contributed by atoms with van der Waals surface area (Å²) in [5.41, 5.74) is -6.44. The van der Waals surface area contributed by atoms with Crippen molar-refractivity contribution in [2.24, 2.45) is 0 Å². The summed E-state index contributed by atoms with van der Waals surface area (Å²) >= 11 is 0. The van der Waals surface area contributed by atoms with Gasteiger partial charge in [0.25, 0.3) is 0 Å². The van der Waals surface area contributed by atoms with Gasteiger partial charge in [0, 0.05) is 13.2 Å². The summed E-state index contributed by atoms with van der Waals surface area (Å²) in [5.74, 6) is -59.0. The van der Waals surface area contributed by atoms with Crippen LogP contribution in [0.4, 0.5) is 166 Å². The zero-order chi connectivity index (χ0) is 92.3. The van der Waals surface area contributed by atoms with Crippen molar-refractivity contribution in [3.8, 4) is 0 Å². The number of ether oxygens (including phenoxy) is 7. The molecule has 0 saturated carbocycles. The van der Waals surface area contributed by atoms with Gasteiger partial charge in [0.1, 0.15) is 69.8 Å². The summed E-state index contributed by atoms with van der Waals surface area (Å²) in [6, 6.07) is 0. The van der Waals surface area contributed by atoms with Gasteiger partial charge in [-0.25, -0.2) is 132 Å². The SMILES string of the molecule is C1CCOC1.C1COCCOCCOCCOCCOCCO1.C[Si](C)(C)[N-]c1c(F)c(F)c(F)c(F)c1F.C[Si](C)(C)[N-]c1c(F)c(F)c(F)c(F)c1F.C[Si](C)(C)[N-]c1c(F)c(F)c(F)c(F)c1F.C[Si](C)(C)[N-]c1c(F)c(F)c(F)c(F)c1F.C[Si](C)(C)[N-]c1c(F)c(F)c(F)c(F)c1F.C[Si](C)(C)[N-]c1c(F)c(F)c(F)c(F)c1F.[Ce+3].[Ce+3]. The maximum atomic E-state index is 13.1. The molecule has 2 radical (unpaired) electrons. The summed E-state index contributed by atoms with van der Waals surface area (Å²) in [5, 5.41) is 0. The third kappa shape index (κ3) is 40.3. The Bertz CT molecular complexity index is 3430. The summed E-state index contributed by atoms with van der Waals surface area (Å²) < 4.78 is 424. The van der Waals surface area contributed by atoms with Crippen LogP contribution < -0.4 is 0 Å². The molecule has 2 aliphatic heterocycles. The zero-order valence-corrected chi connectivity index (χ0v) is 80.5. The van der Waals surface area contributed by atoms with Crippen molar-refractivity contribution in [1.82, 2.24) is 0 Å². The van der Waals surface area contributed by atoms with Crippen molar-refractivity contribution in [2.75, 3.05) is 92.5 Å². The predicted molar refractivity (Wildman–Crippen MR) is 401 cm³/mol. The maximum absolute atomic E-state index is 13.1. The van der Waals surface area contributed by atoms with Gasteiger partial charge in [0.15, 0.2) is 105 Å². The Morgan fingerprint density at radius 3 is 0.281 bits per heavy atom. The molecule has 0 unspecified atom stereocenters. The van der Waals surface area contributed by atoms with Crippen LogP contribution in [0.25, 0.3) is 29.9 Å². The van der Waals surface area contributed by atoms with Crippen LogP contribution in [-0.4, -0.2) is 142 Å². The molecule has 6 aromatic carbocycles. The fourth-order valence-corrected chi connectivity index (χ4v) is 13.2. The van der Waals surface area contributed by atoms with Crippen LogP contribution in [0.1, 0.15) is 12.8 Å². The first-order valence-corrected chi connectivity index (χ1v) is 55.6. The van der Waals surface area contributed by atoms with E-state index >= 15 is 0 Å². The van der Waals surface area contributed by atoms with E-state index < -0.39 is 258 Å². The van der Waals surface area contributed by atoms with Gasteiger partial charge < -0.3 is 63.1 Å². The van der Waals surface area contributed by atoms with Crippen molar-refractivity contribution in [1.29, 1.82) is 0 Å². The summed E-state index contributed by atoms with van der Waals surface area (Å²) in [4.78, 5) is 21.6. The van der Waals surface area contributed by atoms with Gasteiger partial charge in [0.05, 0.1) is 79.3 Å². The topological polar surface area (TPSA) is 149 Å². The molecule has 0 aliphatic carbocycles. The van der Waals surface area contributed by atoms with Crippen molar-refractivity contribution in [3.05, 3.63) is 204 Å². The molecule has 2 aliphatic rings. The number of benzene rings is 6. The quantitative estimate of drug-likeness (QED) is 0.0512. The van der Waals surface area contributed by atoms with E-state index in [0.29, 0.717) is 79.3 Å². The molecular weight excluding hydrogens is 2060 g/mol. The van der Waals surface area contributed by atoms with E-state index in [2.05, 4.69) is 29.9 Å². The van der Waals surface area contributed by atoms with E-state index in [1.165, 1.54) is 12.8 Å². The summed E-state index contributed by atoms with van der Waals surface area (Å²) in [6.07, 6.45) is 2.56. The fourth-order valence-electron chi connectivity index (χ4n) is 7.99. The van der Waals surface area contributed by atoms with Gasteiger partial charge in [-0.15, -0.1) is 0 Å². The van der Waals surface area contributed by atoms with E-state index in [1.54, 1.807) is 118 Å². The molecule has 0 N–H and O–H groups in total. The second-order valence-corrected chi connectivity index (χ2v) is 57.6. The largest absolute Gasteiger partial charge is 3.00 e. The van der Waals surface area contributed by atoms with Crippen LogP contribution >= 0.6 is 0 Å². The van der Waals surface area contributed by atoms with Gasteiger partial charge in [-0.05, 0) is 62.3 Å². The first-order chi connectivity index (χ1) is 54.4. The number of hydrogen-bond acceptors (Lipinski definition) is 7. The number of halogens is 30. The average Bonchev–Trinajstić information content (AvgIpc) is 1.25. The molecule has 13 nitrogen and oxygen atoms in total. The Balaban J connectivity index is 0. The fraction of sp³-hybridized carbons (Fsp3) is 0.486. The van der Waals surface area contributed by atoms with E-state index in [0.717, 1.165) is 13.2 Å². The Kier molecular flexibility index (Phi) is 52.6. The van der Waals surface area contributed by atoms with Crippen molar-refractivity contribution in [3.63, 3.8) is 0 Å². The van der Waals surface area contributed by atoms with Crippen molar-refractivity contribution < 1.29 is 248 Å². The minimum Gasteiger partial charge on any atom is -0.682 e. The molecule has 0 atom stereocenters. The smallest absolute Gasteiger partial charge is 0.682 e. The normalized spacial score (nSPS) is 13.9. The van der Waals surface area contributed by atoms with Crippen LogP contribution in [0.2, 0.25) is 118 Å². The Morgan fingerprint density at radius 1 is 0.140 bits per heavy atom. The second kappa shape index (κ2) is 53.6. The van der Waals surface area contributed by atoms with Gasteiger partial charge in [-0.1, -0.05) is 152 Å². The molecule has 6 aromatic rings. The van der Waals surface area contributed by atoms with E-state index in [-0.39, 0.29) is 83.5 Å². The first-order valence-electron chi connectivity index (χ1n) is 34.9. The monoisotopic (exact) mass is 2140 g/mol. The minimum atomic E-state index is -2.33. The third-order valence-corrected chi connectivity index (χ3v) is 18.2. The van der Waals surface area contributed by atoms with E-state index in [1.807, 2.05) is 0 Å². The average molecular weight is 2140 g/mol. The van der Waals surface area contributed by atoms with Crippen LogP contribution in [0.5, 0.6) is 0 Å². The van der Waals surface area contributed by atoms with Gasteiger partial charge in [-0.3, -0.25) is 0 Å². The molecule has 2 heterocycles. The number of rotatable bonds is 12. The third-order valence-electron chi connectivity index (χ3n) is 12.9. The second-order valence-electron chi connectivity index (χ2n) is 30.2.